The molecule has 0 aromatic carbocycles. The van der Waals surface area contributed by atoms with Crippen molar-refractivity contribution >= 4 is 11.8 Å². The monoisotopic (exact) mass is 341 g/mol. The van der Waals surface area contributed by atoms with Gasteiger partial charge in [-0.05, 0) is 38.3 Å². The lowest BCUT2D eigenvalue weighted by molar-refractivity contribution is -0.132. The lowest BCUT2D eigenvalue weighted by atomic mass is 9.77. The van der Waals surface area contributed by atoms with Gasteiger partial charge in [-0.3, -0.25) is 14.6 Å². The van der Waals surface area contributed by atoms with E-state index in [9.17, 15) is 9.59 Å². The second kappa shape index (κ2) is 7.38. The third-order valence-electron chi connectivity index (χ3n) is 5.38. The summed E-state index contributed by atoms with van der Waals surface area (Å²) in [5.74, 6) is 0.418. The fourth-order valence-corrected chi connectivity index (χ4v) is 3.80. The number of aromatic nitrogens is 1. The summed E-state index contributed by atoms with van der Waals surface area (Å²) in [6.45, 7) is 7.17. The average Bonchev–Trinajstić information content (AvgIpc) is 2.89. The molecule has 0 aliphatic carbocycles. The van der Waals surface area contributed by atoms with E-state index in [4.69, 9.17) is 0 Å². The maximum Gasteiger partial charge on any atom is 0.227 e. The van der Waals surface area contributed by atoms with Crippen LogP contribution in [0.1, 0.15) is 38.7 Å². The van der Waals surface area contributed by atoms with Crippen LogP contribution in [0.2, 0.25) is 0 Å². The molecule has 3 heterocycles. The molecule has 0 saturated carbocycles. The van der Waals surface area contributed by atoms with Crippen molar-refractivity contribution < 1.29 is 9.59 Å². The second-order valence-corrected chi connectivity index (χ2v) is 7.65. The highest BCUT2D eigenvalue weighted by Gasteiger charge is 2.44. The normalized spacial score (nSPS) is 19.4. The Morgan fingerprint density at radius 3 is 2.72 bits per heavy atom. The van der Waals surface area contributed by atoms with E-state index in [0.717, 1.165) is 38.0 Å². The molecule has 0 atom stereocenters. The number of allylic oxidation sites excluding steroid dienone is 1. The Morgan fingerprint density at radius 1 is 1.32 bits per heavy atom. The van der Waals surface area contributed by atoms with E-state index in [1.807, 2.05) is 21.9 Å². The molecule has 2 aliphatic heterocycles. The summed E-state index contributed by atoms with van der Waals surface area (Å²) in [6.07, 6.45) is 8.46. The number of hydrogen-bond acceptors (Lipinski definition) is 3. The first-order valence-corrected chi connectivity index (χ1v) is 9.05. The highest BCUT2D eigenvalue weighted by Crippen LogP contribution is 2.41. The van der Waals surface area contributed by atoms with Crippen LogP contribution in [0.4, 0.5) is 0 Å². The highest BCUT2D eigenvalue weighted by molar-refractivity contribution is 5.80. The van der Waals surface area contributed by atoms with Crippen LogP contribution in [0.25, 0.3) is 0 Å². The molecular formula is C20H27N3O2. The van der Waals surface area contributed by atoms with Gasteiger partial charge in [-0.2, -0.15) is 0 Å². The van der Waals surface area contributed by atoms with E-state index in [0.29, 0.717) is 19.4 Å². The highest BCUT2D eigenvalue weighted by atomic mass is 16.2. The molecule has 0 unspecified atom stereocenters. The SMILES string of the molecule is CC(C)=CCN1CC2(CCN(C(=O)Cc3cccnc3)CC2)CC1=O. The average molecular weight is 341 g/mol. The van der Waals surface area contributed by atoms with E-state index >= 15 is 0 Å². The molecular weight excluding hydrogens is 314 g/mol. The van der Waals surface area contributed by atoms with Gasteiger partial charge in [0.15, 0.2) is 0 Å². The largest absolute Gasteiger partial charge is 0.342 e. The van der Waals surface area contributed by atoms with Crippen molar-refractivity contribution in [1.29, 1.82) is 0 Å². The molecule has 5 nitrogen and oxygen atoms in total. The molecule has 2 amide bonds. The van der Waals surface area contributed by atoms with Crippen molar-refractivity contribution in [3.05, 3.63) is 41.7 Å². The molecule has 0 bridgehead atoms. The maximum absolute atomic E-state index is 12.5. The summed E-state index contributed by atoms with van der Waals surface area (Å²) in [5, 5.41) is 0. The van der Waals surface area contributed by atoms with E-state index in [-0.39, 0.29) is 17.2 Å². The zero-order valence-corrected chi connectivity index (χ0v) is 15.2. The first-order chi connectivity index (χ1) is 12.0. The Hall–Kier alpha value is -2.17. The molecule has 3 rings (SSSR count). The number of hydrogen-bond donors (Lipinski definition) is 0. The van der Waals surface area contributed by atoms with Crippen molar-refractivity contribution in [3.8, 4) is 0 Å². The fourth-order valence-electron chi connectivity index (χ4n) is 3.80. The summed E-state index contributed by atoms with van der Waals surface area (Å²) in [5.41, 5.74) is 2.26. The zero-order valence-electron chi connectivity index (χ0n) is 15.2. The molecule has 25 heavy (non-hydrogen) atoms. The van der Waals surface area contributed by atoms with Gasteiger partial charge in [-0.1, -0.05) is 17.7 Å². The van der Waals surface area contributed by atoms with Crippen molar-refractivity contribution in [3.63, 3.8) is 0 Å². The fraction of sp³-hybridized carbons (Fsp3) is 0.550. The summed E-state index contributed by atoms with van der Waals surface area (Å²) < 4.78 is 0. The number of carbonyl (C=O) groups is 2. The van der Waals surface area contributed by atoms with Gasteiger partial charge >= 0.3 is 0 Å². The summed E-state index contributed by atoms with van der Waals surface area (Å²) in [4.78, 5) is 32.8. The van der Waals surface area contributed by atoms with Crippen molar-refractivity contribution in [2.75, 3.05) is 26.2 Å². The van der Waals surface area contributed by atoms with Crippen LogP contribution in [0.5, 0.6) is 0 Å². The predicted octanol–water partition coefficient (Wildman–Crippen LogP) is 2.43. The molecule has 1 spiro atoms. The van der Waals surface area contributed by atoms with Gasteiger partial charge in [0.05, 0.1) is 6.42 Å². The van der Waals surface area contributed by atoms with E-state index in [2.05, 4.69) is 24.9 Å². The summed E-state index contributed by atoms with van der Waals surface area (Å²) in [7, 11) is 0. The Labute approximate surface area is 149 Å². The van der Waals surface area contributed by atoms with Crippen molar-refractivity contribution in [2.24, 2.45) is 5.41 Å². The van der Waals surface area contributed by atoms with Crippen molar-refractivity contribution in [1.82, 2.24) is 14.8 Å². The minimum Gasteiger partial charge on any atom is -0.342 e. The number of carbonyl (C=O) groups excluding carboxylic acids is 2. The van der Waals surface area contributed by atoms with Crippen LogP contribution >= 0.6 is 0 Å². The van der Waals surface area contributed by atoms with Gasteiger partial charge in [0.1, 0.15) is 0 Å². The number of pyridine rings is 1. The van der Waals surface area contributed by atoms with Crippen LogP contribution < -0.4 is 0 Å². The van der Waals surface area contributed by atoms with E-state index < -0.39 is 0 Å². The number of rotatable bonds is 4. The molecule has 1 aromatic heterocycles. The van der Waals surface area contributed by atoms with Crippen LogP contribution in [0.15, 0.2) is 36.2 Å². The van der Waals surface area contributed by atoms with Crippen molar-refractivity contribution in [2.45, 2.75) is 39.5 Å². The summed E-state index contributed by atoms with van der Waals surface area (Å²) >= 11 is 0. The molecule has 2 saturated heterocycles. The quantitative estimate of drug-likeness (QED) is 0.791. The molecule has 2 aliphatic rings. The molecule has 0 radical (unpaired) electrons. The lowest BCUT2D eigenvalue weighted by Gasteiger charge is -2.38. The number of nitrogens with zero attached hydrogens (tertiary/aromatic N) is 3. The number of amides is 2. The molecule has 1 aromatic rings. The van der Waals surface area contributed by atoms with Crippen LogP contribution in [-0.2, 0) is 16.0 Å². The van der Waals surface area contributed by atoms with Gasteiger partial charge < -0.3 is 9.80 Å². The topological polar surface area (TPSA) is 53.5 Å². The molecule has 0 N–H and O–H groups in total. The van der Waals surface area contributed by atoms with Crippen LogP contribution in [-0.4, -0.2) is 52.8 Å². The number of piperidine rings is 1. The Kier molecular flexibility index (Phi) is 5.21. The Balaban J connectivity index is 1.54. The minimum atomic E-state index is 0.0671. The van der Waals surface area contributed by atoms with Gasteiger partial charge in [0.25, 0.3) is 0 Å². The second-order valence-electron chi connectivity index (χ2n) is 7.65. The van der Waals surface area contributed by atoms with Crippen LogP contribution in [0, 0.1) is 5.41 Å². The minimum absolute atomic E-state index is 0.0671. The first-order valence-electron chi connectivity index (χ1n) is 9.05. The van der Waals surface area contributed by atoms with E-state index in [1.165, 1.54) is 5.57 Å². The Bertz CT molecular complexity index is 657. The van der Waals surface area contributed by atoms with Gasteiger partial charge in [0, 0.05) is 50.4 Å². The predicted molar refractivity (Wildman–Crippen MR) is 96.8 cm³/mol. The first kappa shape index (κ1) is 17.6. The standard InChI is InChI=1S/C20H27N3O2/c1-16(2)5-9-23-15-20(13-19(23)25)6-10-22(11-7-20)18(24)12-17-4-3-8-21-14-17/h3-5,8,14H,6-7,9-13,15H2,1-2H3. The van der Waals surface area contributed by atoms with Crippen LogP contribution in [0.3, 0.4) is 0 Å². The number of likely N-dealkylation sites (tertiary alicyclic amines) is 2. The molecule has 2 fully saturated rings. The van der Waals surface area contributed by atoms with Gasteiger partial charge in [0.2, 0.25) is 11.8 Å². The maximum atomic E-state index is 12.5. The van der Waals surface area contributed by atoms with Gasteiger partial charge in [-0.25, -0.2) is 0 Å². The lowest BCUT2D eigenvalue weighted by Crippen LogP contribution is -2.44. The smallest absolute Gasteiger partial charge is 0.227 e. The summed E-state index contributed by atoms with van der Waals surface area (Å²) in [6, 6.07) is 3.80. The zero-order chi connectivity index (χ0) is 17.9. The Morgan fingerprint density at radius 2 is 2.08 bits per heavy atom. The van der Waals surface area contributed by atoms with Gasteiger partial charge in [-0.15, -0.1) is 0 Å². The third-order valence-corrected chi connectivity index (χ3v) is 5.38. The molecule has 5 heteroatoms. The van der Waals surface area contributed by atoms with E-state index in [1.54, 1.807) is 12.4 Å². The molecule has 134 valence electrons. The third kappa shape index (κ3) is 4.27.